The van der Waals surface area contributed by atoms with Crippen LogP contribution in [0.1, 0.15) is 29.0 Å². The molecule has 2 heterocycles. The highest BCUT2D eigenvalue weighted by atomic mass is 35.5. The molecule has 0 unspecified atom stereocenters. The van der Waals surface area contributed by atoms with Crippen molar-refractivity contribution in [3.8, 4) is 11.4 Å². The van der Waals surface area contributed by atoms with Crippen LogP contribution in [0.15, 0.2) is 89.5 Å². The van der Waals surface area contributed by atoms with Crippen molar-refractivity contribution < 1.29 is 9.32 Å². The summed E-state index contributed by atoms with van der Waals surface area (Å²) in [7, 11) is 0. The molecule has 0 spiro atoms. The van der Waals surface area contributed by atoms with Crippen LogP contribution in [0.4, 0.5) is 4.79 Å². The molecule has 32 heavy (non-hydrogen) atoms. The van der Waals surface area contributed by atoms with Crippen molar-refractivity contribution >= 4 is 17.6 Å². The average Bonchev–Trinajstić information content (AvgIpc) is 3.27. The molecule has 7 heteroatoms. The number of hydrogen-bond acceptors (Lipinski definition) is 4. The lowest BCUT2D eigenvalue weighted by atomic mass is 9.98. The first-order chi connectivity index (χ1) is 15.7. The molecule has 160 valence electrons. The molecule has 5 rings (SSSR count). The molecule has 2 amide bonds. The Morgan fingerprint density at radius 3 is 2.25 bits per heavy atom. The smallest absolute Gasteiger partial charge is 0.318 e. The van der Waals surface area contributed by atoms with Gasteiger partial charge in [0, 0.05) is 23.7 Å². The zero-order chi connectivity index (χ0) is 21.9. The van der Waals surface area contributed by atoms with E-state index < -0.39 is 0 Å². The Balaban J connectivity index is 1.25. The van der Waals surface area contributed by atoms with Crippen molar-refractivity contribution in [1.29, 1.82) is 0 Å². The van der Waals surface area contributed by atoms with Crippen LogP contribution in [0.25, 0.3) is 11.4 Å². The molecule has 0 saturated carbocycles. The van der Waals surface area contributed by atoms with E-state index in [-0.39, 0.29) is 18.0 Å². The van der Waals surface area contributed by atoms with Crippen LogP contribution >= 0.6 is 11.6 Å². The highest BCUT2D eigenvalue weighted by Gasteiger charge is 2.36. The summed E-state index contributed by atoms with van der Waals surface area (Å²) in [5.74, 6) is 1.05. The minimum atomic E-state index is -0.221. The predicted molar refractivity (Wildman–Crippen MR) is 122 cm³/mol. The molecule has 0 aliphatic carbocycles. The maximum atomic E-state index is 13.0. The quantitative estimate of drug-likeness (QED) is 0.454. The summed E-state index contributed by atoms with van der Waals surface area (Å²) >= 11 is 6.05. The number of amides is 2. The summed E-state index contributed by atoms with van der Waals surface area (Å²) in [5.41, 5.74) is 2.87. The van der Waals surface area contributed by atoms with Crippen LogP contribution in [-0.2, 0) is 0 Å². The van der Waals surface area contributed by atoms with Gasteiger partial charge in [0.25, 0.3) is 0 Å². The number of carbonyl (C=O) groups is 1. The first kappa shape index (κ1) is 20.3. The van der Waals surface area contributed by atoms with Gasteiger partial charge in [0.1, 0.15) is 0 Å². The second-order valence-electron chi connectivity index (χ2n) is 7.77. The number of rotatable bonds is 5. The topological polar surface area (TPSA) is 71.3 Å². The standard InChI is InChI=1S/C25H21ClN4O2/c26-21-13-7-12-19(14-21)23-28-24(32-29-23)20-15-30(16-20)25(31)27-22(17-8-3-1-4-9-17)18-10-5-2-6-11-18/h1-14,20,22H,15-16H2,(H,27,31). The molecule has 0 atom stereocenters. The average molecular weight is 445 g/mol. The number of carbonyl (C=O) groups excluding carboxylic acids is 1. The highest BCUT2D eigenvalue weighted by molar-refractivity contribution is 6.30. The summed E-state index contributed by atoms with van der Waals surface area (Å²) in [6.07, 6.45) is 0. The number of hydrogen-bond donors (Lipinski definition) is 1. The van der Waals surface area contributed by atoms with E-state index in [9.17, 15) is 4.79 Å². The van der Waals surface area contributed by atoms with E-state index in [2.05, 4.69) is 15.5 Å². The molecule has 1 aromatic heterocycles. The Labute approximate surface area is 190 Å². The maximum Gasteiger partial charge on any atom is 0.318 e. The molecule has 6 nitrogen and oxygen atoms in total. The summed E-state index contributed by atoms with van der Waals surface area (Å²) in [6.45, 7) is 1.05. The van der Waals surface area contributed by atoms with Gasteiger partial charge in [0.05, 0.1) is 12.0 Å². The fourth-order valence-electron chi connectivity index (χ4n) is 3.81. The van der Waals surface area contributed by atoms with E-state index in [0.29, 0.717) is 29.8 Å². The van der Waals surface area contributed by atoms with Crippen LogP contribution < -0.4 is 5.32 Å². The number of halogens is 1. The third kappa shape index (κ3) is 4.22. The number of likely N-dealkylation sites (tertiary alicyclic amines) is 1. The SMILES string of the molecule is O=C(NC(c1ccccc1)c1ccccc1)N1CC(c2nc(-c3cccc(Cl)c3)no2)C1. The Morgan fingerprint density at radius 1 is 0.969 bits per heavy atom. The van der Waals surface area contributed by atoms with Gasteiger partial charge in [-0.15, -0.1) is 0 Å². The molecular formula is C25H21ClN4O2. The summed E-state index contributed by atoms with van der Waals surface area (Å²) in [5, 5.41) is 7.85. The second-order valence-corrected chi connectivity index (χ2v) is 8.21. The van der Waals surface area contributed by atoms with Crippen LogP contribution in [0, 0.1) is 0 Å². The second kappa shape index (κ2) is 8.85. The minimum absolute atomic E-state index is 0.0214. The number of nitrogens with one attached hydrogen (secondary N) is 1. The predicted octanol–water partition coefficient (Wildman–Crippen LogP) is 5.29. The normalized spacial score (nSPS) is 13.8. The largest absolute Gasteiger partial charge is 0.339 e. The molecule has 3 aromatic carbocycles. The molecule has 1 fully saturated rings. The molecule has 1 N–H and O–H groups in total. The van der Waals surface area contributed by atoms with Gasteiger partial charge >= 0.3 is 6.03 Å². The number of aromatic nitrogens is 2. The van der Waals surface area contributed by atoms with E-state index in [1.807, 2.05) is 72.8 Å². The third-order valence-corrected chi connectivity index (χ3v) is 5.81. The first-order valence-corrected chi connectivity index (χ1v) is 10.8. The lowest BCUT2D eigenvalue weighted by Crippen LogP contribution is -2.53. The molecule has 1 aliphatic rings. The minimum Gasteiger partial charge on any atom is -0.339 e. The monoisotopic (exact) mass is 444 g/mol. The summed E-state index contributed by atoms with van der Waals surface area (Å²) in [6, 6.07) is 26.9. The summed E-state index contributed by atoms with van der Waals surface area (Å²) < 4.78 is 5.45. The van der Waals surface area contributed by atoms with E-state index in [1.165, 1.54) is 0 Å². The van der Waals surface area contributed by atoms with Crippen molar-refractivity contribution in [1.82, 2.24) is 20.4 Å². The Hall–Kier alpha value is -3.64. The molecular weight excluding hydrogens is 424 g/mol. The van der Waals surface area contributed by atoms with Gasteiger partial charge in [-0.1, -0.05) is 89.6 Å². The number of benzene rings is 3. The fourth-order valence-corrected chi connectivity index (χ4v) is 4.00. The van der Waals surface area contributed by atoms with Gasteiger partial charge in [-0.05, 0) is 23.3 Å². The Bertz CT molecular complexity index is 1170. The first-order valence-electron chi connectivity index (χ1n) is 10.4. The van der Waals surface area contributed by atoms with Crippen LogP contribution in [0.5, 0.6) is 0 Å². The van der Waals surface area contributed by atoms with Crippen molar-refractivity contribution in [3.63, 3.8) is 0 Å². The number of nitrogens with zero attached hydrogens (tertiary/aromatic N) is 3. The van der Waals surface area contributed by atoms with Gasteiger partial charge in [-0.3, -0.25) is 0 Å². The highest BCUT2D eigenvalue weighted by Crippen LogP contribution is 2.29. The van der Waals surface area contributed by atoms with E-state index >= 15 is 0 Å². The number of urea groups is 1. The van der Waals surface area contributed by atoms with Gasteiger partial charge in [-0.2, -0.15) is 4.98 Å². The third-order valence-electron chi connectivity index (χ3n) is 5.58. The van der Waals surface area contributed by atoms with Gasteiger partial charge in [-0.25, -0.2) is 4.79 Å². The van der Waals surface area contributed by atoms with Crippen molar-refractivity contribution in [3.05, 3.63) is 107 Å². The molecule has 1 saturated heterocycles. The Morgan fingerprint density at radius 2 is 1.62 bits per heavy atom. The van der Waals surface area contributed by atoms with Crippen molar-refractivity contribution in [2.45, 2.75) is 12.0 Å². The molecule has 0 bridgehead atoms. The van der Waals surface area contributed by atoms with Gasteiger partial charge < -0.3 is 14.7 Å². The molecule has 4 aromatic rings. The van der Waals surface area contributed by atoms with Crippen molar-refractivity contribution in [2.75, 3.05) is 13.1 Å². The van der Waals surface area contributed by atoms with Gasteiger partial charge in [0.15, 0.2) is 0 Å². The zero-order valence-electron chi connectivity index (χ0n) is 17.2. The lowest BCUT2D eigenvalue weighted by molar-refractivity contribution is 0.135. The lowest BCUT2D eigenvalue weighted by Gasteiger charge is -2.38. The Kier molecular flexibility index (Phi) is 5.60. The van der Waals surface area contributed by atoms with Gasteiger partial charge in [0.2, 0.25) is 11.7 Å². The van der Waals surface area contributed by atoms with E-state index in [4.69, 9.17) is 16.1 Å². The molecule has 0 radical (unpaired) electrons. The van der Waals surface area contributed by atoms with Crippen molar-refractivity contribution in [2.24, 2.45) is 0 Å². The van der Waals surface area contributed by atoms with E-state index in [1.54, 1.807) is 17.0 Å². The van der Waals surface area contributed by atoms with Crippen LogP contribution in [0.2, 0.25) is 5.02 Å². The van der Waals surface area contributed by atoms with E-state index in [0.717, 1.165) is 16.7 Å². The maximum absolute atomic E-state index is 13.0. The zero-order valence-corrected chi connectivity index (χ0v) is 17.9. The fraction of sp³-hybridized carbons (Fsp3) is 0.160. The van der Waals surface area contributed by atoms with Crippen LogP contribution in [-0.4, -0.2) is 34.2 Å². The van der Waals surface area contributed by atoms with Crippen LogP contribution in [0.3, 0.4) is 0 Å². The molecule has 1 aliphatic heterocycles. The summed E-state index contributed by atoms with van der Waals surface area (Å²) in [4.78, 5) is 19.2.